The molecule has 9 heteroatoms. The predicted octanol–water partition coefficient (Wildman–Crippen LogP) is 4.43. The van der Waals surface area contributed by atoms with Gasteiger partial charge in [-0.1, -0.05) is 26.8 Å². The molecule has 1 unspecified atom stereocenters. The molecule has 0 amide bonds. The zero-order valence-electron chi connectivity index (χ0n) is 19.8. The van der Waals surface area contributed by atoms with Crippen LogP contribution in [0.15, 0.2) is 23.8 Å². The Bertz CT molecular complexity index is 984. The highest BCUT2D eigenvalue weighted by atomic mass is 32.2. The Morgan fingerprint density at radius 3 is 2.56 bits per heavy atom. The van der Waals surface area contributed by atoms with Crippen LogP contribution in [0.5, 0.6) is 0 Å². The lowest BCUT2D eigenvalue weighted by molar-refractivity contribution is -0.228. The fourth-order valence-electron chi connectivity index (χ4n) is 7.63. The van der Waals surface area contributed by atoms with E-state index in [1.54, 1.807) is 20.8 Å². The molecule has 1 N–H and O–H groups in total. The van der Waals surface area contributed by atoms with E-state index < -0.39 is 75.0 Å². The summed E-state index contributed by atoms with van der Waals surface area (Å²) in [5, 5.41) is 10.7. The lowest BCUT2D eigenvalue weighted by atomic mass is 9.44. The first-order valence-electron chi connectivity index (χ1n) is 11.7. The monoisotopic (exact) mass is 500 g/mol. The molecule has 3 saturated carbocycles. The smallest absolute Gasteiger partial charge is 0.306 e. The summed E-state index contributed by atoms with van der Waals surface area (Å²) in [6.07, 6.45) is 0.160. The van der Waals surface area contributed by atoms with Crippen molar-refractivity contribution < 1.29 is 37.4 Å². The molecular weight excluding hydrogens is 469 g/mol. The lowest BCUT2D eigenvalue weighted by Gasteiger charge is -2.63. The fourth-order valence-corrected chi connectivity index (χ4v) is 8.42. The van der Waals surface area contributed by atoms with Crippen LogP contribution >= 0.6 is 11.8 Å². The highest BCUT2D eigenvalue weighted by Crippen LogP contribution is 2.72. The Kier molecular flexibility index (Phi) is 6.16. The molecule has 0 heterocycles. The minimum absolute atomic E-state index is 0.0141. The van der Waals surface area contributed by atoms with Gasteiger partial charge in [0.05, 0.1) is 6.10 Å². The molecule has 4 aliphatic carbocycles. The number of ether oxygens (including phenoxy) is 1. The number of hydrogen-bond acceptors (Lipinski definition) is 6. The van der Waals surface area contributed by atoms with E-state index in [0.717, 1.165) is 6.08 Å². The normalized spacial score (nSPS) is 47.4. The summed E-state index contributed by atoms with van der Waals surface area (Å²) in [5.74, 6) is -3.30. The van der Waals surface area contributed by atoms with E-state index in [1.165, 1.54) is 19.1 Å². The number of esters is 1. The molecule has 0 aromatic rings. The van der Waals surface area contributed by atoms with Crippen molar-refractivity contribution >= 4 is 28.6 Å². The second kappa shape index (κ2) is 8.22. The van der Waals surface area contributed by atoms with Crippen molar-refractivity contribution in [1.29, 1.82) is 0 Å². The first-order chi connectivity index (χ1) is 15.8. The molecule has 9 atom stereocenters. The van der Waals surface area contributed by atoms with Gasteiger partial charge in [0, 0.05) is 29.1 Å². The number of allylic oxidation sites excluding steroid dienone is 4. The van der Waals surface area contributed by atoms with Gasteiger partial charge in [-0.3, -0.25) is 14.4 Å². The molecule has 4 rings (SSSR count). The van der Waals surface area contributed by atoms with Crippen LogP contribution in [0.25, 0.3) is 0 Å². The Labute approximate surface area is 201 Å². The standard InChI is InChI=1S/C25H31F3O5S/c1-5-20(31)33-25(21(32)34-12-26)13(2)8-15-16-10-18(27)17-9-14(29)6-7-22(17,3)24(16,28)19(30)11-23(15,25)4/h6-7,9,13,15-16,18-19,30H,5,8,10-12H2,1-4H3/t13-,15+,16+,18+,19+,22+,23+,24?,25+/m1/s1. The molecule has 0 radical (unpaired) electrons. The van der Waals surface area contributed by atoms with Crippen molar-refractivity contribution in [2.24, 2.45) is 28.6 Å². The zero-order chi connectivity index (χ0) is 25.3. The number of aliphatic hydroxyl groups excluding tert-OH is 1. The number of carbonyl (C=O) groups excluding carboxylic acids is 3. The number of fused-ring (bicyclic) bond motifs is 5. The summed E-state index contributed by atoms with van der Waals surface area (Å²) in [7, 11) is 0. The largest absolute Gasteiger partial charge is 0.449 e. The van der Waals surface area contributed by atoms with Gasteiger partial charge in [0.1, 0.15) is 12.2 Å². The molecule has 0 aromatic heterocycles. The highest BCUT2D eigenvalue weighted by Gasteiger charge is 2.78. The highest BCUT2D eigenvalue weighted by molar-refractivity contribution is 8.13. The van der Waals surface area contributed by atoms with Crippen LogP contribution in [0, 0.1) is 28.6 Å². The Balaban J connectivity index is 1.87. The van der Waals surface area contributed by atoms with Crippen LogP contribution in [-0.4, -0.2) is 51.5 Å². The SMILES string of the molecule is CCC(=O)O[C@]1(C(=O)SCF)[C@H](C)C[C@H]2[C@@H]3C[C@H](F)C4=CC(=O)C=C[C@]4(C)C3(F)[C@@H](O)C[C@@]21C. The molecule has 0 spiro atoms. The first-order valence-corrected chi connectivity index (χ1v) is 12.7. The molecular formula is C25H31F3O5S. The summed E-state index contributed by atoms with van der Waals surface area (Å²) in [5.41, 5.74) is -6.84. The summed E-state index contributed by atoms with van der Waals surface area (Å²) in [6.45, 7) is 6.45. The lowest BCUT2D eigenvalue weighted by Crippen LogP contribution is -2.70. The van der Waals surface area contributed by atoms with Crippen molar-refractivity contribution in [1.82, 2.24) is 0 Å². The van der Waals surface area contributed by atoms with Crippen molar-refractivity contribution in [2.75, 3.05) is 6.01 Å². The van der Waals surface area contributed by atoms with Crippen LogP contribution in [0.4, 0.5) is 13.2 Å². The average molecular weight is 501 g/mol. The van der Waals surface area contributed by atoms with Crippen LogP contribution in [0.1, 0.15) is 53.4 Å². The number of aliphatic hydroxyl groups is 1. The van der Waals surface area contributed by atoms with Gasteiger partial charge in [0.15, 0.2) is 17.1 Å². The maximum Gasteiger partial charge on any atom is 0.306 e. The number of rotatable bonds is 4. The summed E-state index contributed by atoms with van der Waals surface area (Å²) in [4.78, 5) is 37.8. The summed E-state index contributed by atoms with van der Waals surface area (Å²) in [6, 6.07) is -1.02. The van der Waals surface area contributed by atoms with Crippen molar-refractivity contribution in [2.45, 2.75) is 76.9 Å². The third kappa shape index (κ3) is 3.01. The summed E-state index contributed by atoms with van der Waals surface area (Å²) >= 11 is 0.396. The van der Waals surface area contributed by atoms with Gasteiger partial charge in [0.25, 0.3) is 0 Å². The number of alkyl halides is 3. The molecule has 0 bridgehead atoms. The molecule has 188 valence electrons. The maximum atomic E-state index is 17.2. The second-order valence-electron chi connectivity index (χ2n) is 10.6. The molecule has 3 fully saturated rings. The quantitative estimate of drug-likeness (QED) is 0.576. The number of ketones is 1. The zero-order valence-corrected chi connectivity index (χ0v) is 20.6. The van der Waals surface area contributed by atoms with E-state index in [1.807, 2.05) is 0 Å². The predicted molar refractivity (Wildman–Crippen MR) is 121 cm³/mol. The van der Waals surface area contributed by atoms with E-state index in [9.17, 15) is 23.9 Å². The molecule has 4 aliphatic rings. The van der Waals surface area contributed by atoms with Gasteiger partial charge in [0.2, 0.25) is 5.12 Å². The van der Waals surface area contributed by atoms with E-state index in [2.05, 4.69) is 0 Å². The fraction of sp³-hybridized carbons (Fsp3) is 0.720. The molecule has 5 nitrogen and oxygen atoms in total. The Morgan fingerprint density at radius 2 is 1.94 bits per heavy atom. The van der Waals surface area contributed by atoms with Crippen LogP contribution in [0.2, 0.25) is 0 Å². The van der Waals surface area contributed by atoms with Gasteiger partial charge < -0.3 is 9.84 Å². The average Bonchev–Trinajstić information content (AvgIpc) is 2.99. The Morgan fingerprint density at radius 1 is 1.26 bits per heavy atom. The van der Waals surface area contributed by atoms with Crippen LogP contribution in [-0.2, 0) is 19.1 Å². The number of hydrogen-bond donors (Lipinski definition) is 1. The van der Waals surface area contributed by atoms with Gasteiger partial charge in [-0.15, -0.1) is 0 Å². The number of carbonyl (C=O) groups is 3. The van der Waals surface area contributed by atoms with Gasteiger partial charge in [-0.2, -0.15) is 0 Å². The van der Waals surface area contributed by atoms with Crippen molar-refractivity contribution in [3.05, 3.63) is 23.8 Å². The molecule has 0 saturated heterocycles. The van der Waals surface area contributed by atoms with E-state index >= 15 is 8.78 Å². The van der Waals surface area contributed by atoms with E-state index in [-0.39, 0.29) is 31.3 Å². The summed E-state index contributed by atoms with van der Waals surface area (Å²) < 4.78 is 51.8. The third-order valence-corrected chi connectivity index (χ3v) is 9.90. The van der Waals surface area contributed by atoms with Gasteiger partial charge >= 0.3 is 5.97 Å². The van der Waals surface area contributed by atoms with Gasteiger partial charge in [-0.25, -0.2) is 13.2 Å². The van der Waals surface area contributed by atoms with Crippen molar-refractivity contribution in [3.63, 3.8) is 0 Å². The molecule has 0 aliphatic heterocycles. The van der Waals surface area contributed by atoms with Crippen LogP contribution < -0.4 is 0 Å². The van der Waals surface area contributed by atoms with Crippen LogP contribution in [0.3, 0.4) is 0 Å². The topological polar surface area (TPSA) is 80.7 Å². The minimum atomic E-state index is -2.30. The van der Waals surface area contributed by atoms with Crippen molar-refractivity contribution in [3.8, 4) is 0 Å². The molecule has 34 heavy (non-hydrogen) atoms. The van der Waals surface area contributed by atoms with Gasteiger partial charge in [-0.05, 0) is 61.6 Å². The number of thioether (sulfide) groups is 1. The van der Waals surface area contributed by atoms with E-state index in [0.29, 0.717) is 11.8 Å². The van der Waals surface area contributed by atoms with E-state index in [4.69, 9.17) is 4.74 Å². The minimum Gasteiger partial charge on any atom is -0.449 e. The Hall–Kier alpha value is -1.61. The molecule has 0 aromatic carbocycles. The number of halogens is 3. The second-order valence-corrected chi connectivity index (χ2v) is 11.5. The first kappa shape index (κ1) is 25.5. The third-order valence-electron chi connectivity index (χ3n) is 9.22. The maximum absolute atomic E-state index is 17.2.